The lowest BCUT2D eigenvalue weighted by atomic mass is 10.2. The summed E-state index contributed by atoms with van der Waals surface area (Å²) in [5, 5.41) is 7.77. The van der Waals surface area contributed by atoms with E-state index in [1.165, 1.54) is 18.6 Å². The zero-order chi connectivity index (χ0) is 5.40. The summed E-state index contributed by atoms with van der Waals surface area (Å²) in [5.74, 6) is 0.817. The van der Waals surface area contributed by atoms with Gasteiger partial charge in [-0.2, -0.15) is 10.2 Å². The quantitative estimate of drug-likeness (QED) is 0.482. The molecule has 1 saturated carbocycles. The van der Waals surface area contributed by atoms with Crippen LogP contribution in [0.4, 0.5) is 0 Å². The topological polar surface area (TPSA) is 24.7 Å². The van der Waals surface area contributed by atoms with Crippen molar-refractivity contribution in [1.82, 2.24) is 0 Å². The van der Waals surface area contributed by atoms with E-state index in [0.717, 1.165) is 12.3 Å². The highest BCUT2D eigenvalue weighted by Crippen LogP contribution is 2.32. The fourth-order valence-corrected chi connectivity index (χ4v) is 0.955. The van der Waals surface area contributed by atoms with E-state index in [0.29, 0.717) is 0 Å². The molecule has 42 valence electrons. The maximum atomic E-state index is 3.98. The Morgan fingerprint density at radius 1 is 1.50 bits per heavy atom. The summed E-state index contributed by atoms with van der Waals surface area (Å²) < 4.78 is 0. The molecule has 0 radical (unpaired) electrons. The van der Waals surface area contributed by atoms with Crippen molar-refractivity contribution < 1.29 is 0 Å². The highest BCUT2D eigenvalue weighted by molar-refractivity contribution is 6.00. The second-order valence-corrected chi connectivity index (χ2v) is 2.37. The Labute approximate surface area is 48.3 Å². The molecule has 2 aliphatic rings. The molecule has 0 saturated heterocycles. The smallest absolute Gasteiger partial charge is 0.0490 e. The van der Waals surface area contributed by atoms with Crippen LogP contribution in [0.25, 0.3) is 0 Å². The normalized spacial score (nSPS) is 26.2. The second kappa shape index (κ2) is 1.41. The molecule has 1 fully saturated rings. The van der Waals surface area contributed by atoms with Crippen molar-refractivity contribution in [3.05, 3.63) is 0 Å². The Morgan fingerprint density at radius 2 is 2.38 bits per heavy atom. The number of rotatable bonds is 1. The molecule has 0 N–H and O–H groups in total. The largest absolute Gasteiger partial charge is 0.163 e. The van der Waals surface area contributed by atoms with E-state index < -0.39 is 0 Å². The highest BCUT2D eigenvalue weighted by Gasteiger charge is 2.27. The van der Waals surface area contributed by atoms with Gasteiger partial charge >= 0.3 is 0 Å². The third-order valence-electron chi connectivity index (χ3n) is 1.62. The fraction of sp³-hybridized carbons (Fsp3) is 0.667. The summed E-state index contributed by atoms with van der Waals surface area (Å²) in [4.78, 5) is 0. The van der Waals surface area contributed by atoms with E-state index in [1.807, 2.05) is 6.21 Å². The van der Waals surface area contributed by atoms with Crippen LogP contribution in [0.2, 0.25) is 0 Å². The molecular weight excluding hydrogens is 100 g/mol. The van der Waals surface area contributed by atoms with Crippen molar-refractivity contribution in [3.8, 4) is 0 Å². The summed E-state index contributed by atoms with van der Waals surface area (Å²) in [6, 6.07) is 0. The van der Waals surface area contributed by atoms with Gasteiger partial charge in [0, 0.05) is 18.3 Å². The van der Waals surface area contributed by atoms with Crippen LogP contribution < -0.4 is 0 Å². The number of nitrogens with zero attached hydrogens (tertiary/aromatic N) is 2. The van der Waals surface area contributed by atoms with E-state index in [1.54, 1.807) is 0 Å². The molecule has 1 aliphatic heterocycles. The van der Waals surface area contributed by atoms with Crippen LogP contribution >= 0.6 is 0 Å². The van der Waals surface area contributed by atoms with Crippen LogP contribution in [0.3, 0.4) is 0 Å². The van der Waals surface area contributed by atoms with Crippen molar-refractivity contribution in [2.75, 3.05) is 0 Å². The van der Waals surface area contributed by atoms with Gasteiger partial charge in [-0.25, -0.2) is 0 Å². The van der Waals surface area contributed by atoms with Gasteiger partial charge in [-0.05, 0) is 18.8 Å². The summed E-state index contributed by atoms with van der Waals surface area (Å²) in [6.07, 6.45) is 5.60. The predicted molar refractivity (Wildman–Crippen MR) is 33.3 cm³/mol. The monoisotopic (exact) mass is 108 g/mol. The molecule has 2 nitrogen and oxygen atoms in total. The molecule has 1 heterocycles. The van der Waals surface area contributed by atoms with Crippen molar-refractivity contribution in [2.24, 2.45) is 16.1 Å². The Kier molecular flexibility index (Phi) is 0.745. The van der Waals surface area contributed by atoms with Gasteiger partial charge in [0.15, 0.2) is 0 Å². The van der Waals surface area contributed by atoms with Gasteiger partial charge in [0.2, 0.25) is 0 Å². The Bertz CT molecular complexity index is 154. The Hall–Kier alpha value is -0.660. The lowest BCUT2D eigenvalue weighted by Gasteiger charge is -1.87. The first kappa shape index (κ1) is 4.24. The predicted octanol–water partition coefficient (Wildman–Crippen LogP) is 1.23. The third-order valence-corrected chi connectivity index (χ3v) is 1.62. The van der Waals surface area contributed by atoms with E-state index >= 15 is 0 Å². The summed E-state index contributed by atoms with van der Waals surface area (Å²) in [5.41, 5.74) is 1.31. The van der Waals surface area contributed by atoms with Crippen LogP contribution in [0.1, 0.15) is 19.3 Å². The molecule has 0 amide bonds. The van der Waals surface area contributed by atoms with E-state index in [9.17, 15) is 0 Å². The first-order valence-corrected chi connectivity index (χ1v) is 3.05. The van der Waals surface area contributed by atoms with Gasteiger partial charge in [0.1, 0.15) is 0 Å². The molecule has 2 rings (SSSR count). The Morgan fingerprint density at radius 3 is 2.88 bits per heavy atom. The lowest BCUT2D eigenvalue weighted by Crippen LogP contribution is -1.95. The van der Waals surface area contributed by atoms with Crippen LogP contribution in [0, 0.1) is 5.92 Å². The molecule has 2 heteroatoms. The van der Waals surface area contributed by atoms with Crippen LogP contribution in [0.5, 0.6) is 0 Å². The molecule has 1 aliphatic carbocycles. The van der Waals surface area contributed by atoms with E-state index in [4.69, 9.17) is 0 Å². The molecular formula is C6H8N2. The Balaban J connectivity index is 2.07. The van der Waals surface area contributed by atoms with Gasteiger partial charge in [0.25, 0.3) is 0 Å². The molecule has 0 bridgehead atoms. The van der Waals surface area contributed by atoms with Gasteiger partial charge in [-0.15, -0.1) is 0 Å². The van der Waals surface area contributed by atoms with E-state index in [-0.39, 0.29) is 0 Å². The van der Waals surface area contributed by atoms with Crippen molar-refractivity contribution >= 4 is 11.9 Å². The number of hydrogen-bond acceptors (Lipinski definition) is 2. The fourth-order valence-electron chi connectivity index (χ4n) is 0.955. The zero-order valence-corrected chi connectivity index (χ0v) is 4.67. The second-order valence-electron chi connectivity index (χ2n) is 2.37. The molecule has 8 heavy (non-hydrogen) atoms. The SMILES string of the molecule is C1=NN=C(C2CC2)C1. The molecule has 0 unspecified atom stereocenters. The minimum Gasteiger partial charge on any atom is -0.163 e. The van der Waals surface area contributed by atoms with Crippen LogP contribution in [-0.4, -0.2) is 11.9 Å². The first-order valence-electron chi connectivity index (χ1n) is 3.05. The lowest BCUT2D eigenvalue weighted by molar-refractivity contribution is 1.13. The average molecular weight is 108 g/mol. The van der Waals surface area contributed by atoms with Gasteiger partial charge < -0.3 is 0 Å². The van der Waals surface area contributed by atoms with Gasteiger partial charge in [-0.1, -0.05) is 0 Å². The molecule has 0 atom stereocenters. The standard InChI is InChI=1S/C6H8N2/c1-2-5(1)6-3-4-7-8-6/h4-5H,1-3H2. The average Bonchev–Trinajstić information content (AvgIpc) is 2.49. The van der Waals surface area contributed by atoms with Crippen LogP contribution in [0.15, 0.2) is 10.2 Å². The number of hydrogen-bond donors (Lipinski definition) is 0. The van der Waals surface area contributed by atoms with Crippen LogP contribution in [-0.2, 0) is 0 Å². The minimum atomic E-state index is 0.817. The van der Waals surface area contributed by atoms with Crippen molar-refractivity contribution in [3.63, 3.8) is 0 Å². The molecule has 0 aromatic heterocycles. The maximum Gasteiger partial charge on any atom is 0.0490 e. The third kappa shape index (κ3) is 0.565. The minimum absolute atomic E-state index is 0.817. The summed E-state index contributed by atoms with van der Waals surface area (Å²) >= 11 is 0. The van der Waals surface area contributed by atoms with Gasteiger partial charge in [0.05, 0.1) is 0 Å². The zero-order valence-electron chi connectivity index (χ0n) is 4.67. The van der Waals surface area contributed by atoms with E-state index in [2.05, 4.69) is 10.2 Å². The van der Waals surface area contributed by atoms with Crippen molar-refractivity contribution in [2.45, 2.75) is 19.3 Å². The maximum absolute atomic E-state index is 3.98. The highest BCUT2D eigenvalue weighted by atomic mass is 15.2. The van der Waals surface area contributed by atoms with Crippen molar-refractivity contribution in [1.29, 1.82) is 0 Å². The molecule has 0 spiro atoms. The van der Waals surface area contributed by atoms with Gasteiger partial charge in [-0.3, -0.25) is 0 Å². The molecule has 0 aromatic rings. The molecule has 0 aromatic carbocycles. The first-order chi connectivity index (χ1) is 3.97. The summed E-state index contributed by atoms with van der Waals surface area (Å²) in [6.45, 7) is 0. The summed E-state index contributed by atoms with van der Waals surface area (Å²) in [7, 11) is 0.